The summed E-state index contributed by atoms with van der Waals surface area (Å²) in [5.74, 6) is 2.84. The molecule has 0 fully saturated rings. The summed E-state index contributed by atoms with van der Waals surface area (Å²) < 4.78 is 13.7. The van der Waals surface area contributed by atoms with Crippen molar-refractivity contribution in [3.8, 4) is 11.4 Å². The van der Waals surface area contributed by atoms with Crippen LogP contribution in [0.2, 0.25) is 5.02 Å². The van der Waals surface area contributed by atoms with Gasteiger partial charge in [0, 0.05) is 5.69 Å². The highest BCUT2D eigenvalue weighted by Crippen LogP contribution is 2.27. The molecule has 0 radical (unpaired) electrons. The Morgan fingerprint density at radius 1 is 0.794 bits per heavy atom. The van der Waals surface area contributed by atoms with Gasteiger partial charge in [0.1, 0.15) is 12.4 Å². The molecule has 5 rings (SSSR count). The van der Waals surface area contributed by atoms with E-state index in [0.717, 1.165) is 11.3 Å². The number of nitrogens with zero attached hydrogens (tertiary/aromatic N) is 5. The van der Waals surface area contributed by atoms with E-state index in [1.54, 1.807) is 6.07 Å². The number of thioether (sulfide) groups is 1. The third-order valence-electron chi connectivity index (χ3n) is 4.94. The van der Waals surface area contributed by atoms with Crippen LogP contribution in [0.3, 0.4) is 0 Å². The first kappa shape index (κ1) is 22.2. The molecule has 0 aliphatic rings. The summed E-state index contributed by atoms with van der Waals surface area (Å²) >= 11 is 7.70. The van der Waals surface area contributed by atoms with Gasteiger partial charge in [0.15, 0.2) is 11.0 Å². The van der Waals surface area contributed by atoms with Gasteiger partial charge in [0.2, 0.25) is 11.8 Å². The summed E-state index contributed by atoms with van der Waals surface area (Å²) in [6.45, 7) is 0.216. The molecule has 2 heterocycles. The van der Waals surface area contributed by atoms with Crippen molar-refractivity contribution in [2.45, 2.75) is 23.9 Å². The molecule has 170 valence electrons. The van der Waals surface area contributed by atoms with Gasteiger partial charge in [-0.3, -0.25) is 4.57 Å². The lowest BCUT2D eigenvalue weighted by atomic mass is 10.2. The normalized spacial score (nSPS) is 11.0. The molecule has 7 nitrogen and oxygen atoms in total. The van der Waals surface area contributed by atoms with Crippen LogP contribution in [-0.4, -0.2) is 25.0 Å². The molecule has 3 aromatic carbocycles. The van der Waals surface area contributed by atoms with Crippen LogP contribution < -0.4 is 4.74 Å². The Kier molecular flexibility index (Phi) is 6.88. The maximum Gasteiger partial charge on any atom is 0.226 e. The molecule has 0 aliphatic carbocycles. The highest BCUT2D eigenvalue weighted by molar-refractivity contribution is 7.98. The molecular weight excluding hydrogens is 470 g/mol. The van der Waals surface area contributed by atoms with E-state index in [1.807, 2.05) is 83.4 Å². The highest BCUT2D eigenvalue weighted by Gasteiger charge is 2.17. The number of aromatic nitrogens is 5. The molecule has 0 N–H and O–H groups in total. The first-order valence-electron chi connectivity index (χ1n) is 10.6. The van der Waals surface area contributed by atoms with Crippen molar-refractivity contribution in [1.82, 2.24) is 25.0 Å². The SMILES string of the molecule is Clc1ccccc1OCc1nnc(SCc2nnc(Cc3ccccc3)o2)n1-c1ccccc1. The topological polar surface area (TPSA) is 78.9 Å². The summed E-state index contributed by atoms with van der Waals surface area (Å²) in [7, 11) is 0. The van der Waals surface area contributed by atoms with E-state index in [0.29, 0.717) is 45.7 Å². The van der Waals surface area contributed by atoms with Crippen LogP contribution >= 0.6 is 23.4 Å². The van der Waals surface area contributed by atoms with Crippen LogP contribution in [-0.2, 0) is 18.8 Å². The molecule has 0 saturated heterocycles. The standard InChI is InChI=1S/C25H20ClN5O2S/c26-20-13-7-8-14-21(20)32-16-22-27-30-25(31(22)19-11-5-2-6-12-19)34-17-24-29-28-23(33-24)15-18-9-3-1-4-10-18/h1-14H,15-17H2. The van der Waals surface area contributed by atoms with Crippen LogP contribution in [0.1, 0.15) is 23.2 Å². The summed E-state index contributed by atoms with van der Waals surface area (Å²) in [6, 6.07) is 27.3. The molecule has 0 spiro atoms. The lowest BCUT2D eigenvalue weighted by Gasteiger charge is -2.11. The average molecular weight is 490 g/mol. The van der Waals surface area contributed by atoms with Gasteiger partial charge in [0.25, 0.3) is 0 Å². The summed E-state index contributed by atoms with van der Waals surface area (Å²) in [6.07, 6.45) is 0.599. The van der Waals surface area contributed by atoms with E-state index >= 15 is 0 Å². The first-order valence-corrected chi connectivity index (χ1v) is 12.0. The van der Waals surface area contributed by atoms with E-state index < -0.39 is 0 Å². The molecular formula is C25H20ClN5O2S. The fraction of sp³-hybridized carbons (Fsp3) is 0.120. The lowest BCUT2D eigenvalue weighted by Crippen LogP contribution is -2.06. The van der Waals surface area contributed by atoms with Gasteiger partial charge in [0.05, 0.1) is 17.2 Å². The first-order chi connectivity index (χ1) is 16.8. The highest BCUT2D eigenvalue weighted by atomic mass is 35.5. The number of hydrogen-bond donors (Lipinski definition) is 0. The Morgan fingerprint density at radius 3 is 2.29 bits per heavy atom. The van der Waals surface area contributed by atoms with Crippen LogP contribution in [0.15, 0.2) is 94.5 Å². The molecule has 0 atom stereocenters. The van der Waals surface area contributed by atoms with Crippen LogP contribution in [0.4, 0.5) is 0 Å². The quantitative estimate of drug-likeness (QED) is 0.243. The molecule has 9 heteroatoms. The summed E-state index contributed by atoms with van der Waals surface area (Å²) in [5, 5.41) is 18.4. The van der Waals surface area contributed by atoms with Crippen molar-refractivity contribution in [3.63, 3.8) is 0 Å². The van der Waals surface area contributed by atoms with Crippen LogP contribution in [0.5, 0.6) is 5.75 Å². The zero-order chi connectivity index (χ0) is 23.2. The maximum absolute atomic E-state index is 6.23. The second kappa shape index (κ2) is 10.5. The molecule has 0 bridgehead atoms. The Morgan fingerprint density at radius 2 is 1.50 bits per heavy atom. The fourth-order valence-corrected chi connectivity index (χ4v) is 4.34. The van der Waals surface area contributed by atoms with Crippen LogP contribution in [0, 0.1) is 0 Å². The minimum Gasteiger partial charge on any atom is -0.484 e. The van der Waals surface area contributed by atoms with Crippen molar-refractivity contribution in [2.75, 3.05) is 0 Å². The molecule has 0 aliphatic heterocycles. The van der Waals surface area contributed by atoms with Crippen molar-refractivity contribution in [1.29, 1.82) is 0 Å². The van der Waals surface area contributed by atoms with E-state index in [9.17, 15) is 0 Å². The molecule has 0 amide bonds. The van der Waals surface area contributed by atoms with Gasteiger partial charge in [-0.05, 0) is 29.8 Å². The number of benzene rings is 3. The van der Waals surface area contributed by atoms with Gasteiger partial charge >= 0.3 is 0 Å². The second-order valence-corrected chi connectivity index (χ2v) is 8.68. The predicted octanol–water partition coefficient (Wildman–Crippen LogP) is 5.77. The Labute approximate surface area is 205 Å². The van der Waals surface area contributed by atoms with E-state index in [-0.39, 0.29) is 6.61 Å². The Bertz CT molecular complexity index is 1360. The lowest BCUT2D eigenvalue weighted by molar-refractivity contribution is 0.293. The zero-order valence-corrected chi connectivity index (χ0v) is 19.6. The third-order valence-corrected chi connectivity index (χ3v) is 6.17. The predicted molar refractivity (Wildman–Crippen MR) is 130 cm³/mol. The average Bonchev–Trinajstić information content (AvgIpc) is 3.50. The van der Waals surface area contributed by atoms with Crippen molar-refractivity contribution < 1.29 is 9.15 Å². The zero-order valence-electron chi connectivity index (χ0n) is 18.0. The van der Waals surface area contributed by atoms with Gasteiger partial charge in [-0.25, -0.2) is 0 Å². The Balaban J connectivity index is 1.32. The molecule has 34 heavy (non-hydrogen) atoms. The van der Waals surface area contributed by atoms with E-state index in [2.05, 4.69) is 20.4 Å². The van der Waals surface area contributed by atoms with E-state index in [4.69, 9.17) is 20.8 Å². The second-order valence-electron chi connectivity index (χ2n) is 7.33. The smallest absolute Gasteiger partial charge is 0.226 e. The monoisotopic (exact) mass is 489 g/mol. The van der Waals surface area contributed by atoms with Gasteiger partial charge in [-0.15, -0.1) is 20.4 Å². The molecule has 0 saturated carbocycles. The number of para-hydroxylation sites is 2. The Hall–Kier alpha value is -3.62. The largest absolute Gasteiger partial charge is 0.484 e. The number of hydrogen-bond acceptors (Lipinski definition) is 7. The summed E-state index contributed by atoms with van der Waals surface area (Å²) in [4.78, 5) is 0. The molecule has 5 aromatic rings. The molecule has 0 unspecified atom stereocenters. The summed E-state index contributed by atoms with van der Waals surface area (Å²) in [5.41, 5.74) is 2.06. The molecule has 2 aromatic heterocycles. The van der Waals surface area contributed by atoms with Crippen molar-refractivity contribution in [3.05, 3.63) is 113 Å². The van der Waals surface area contributed by atoms with Crippen molar-refractivity contribution >= 4 is 23.4 Å². The van der Waals surface area contributed by atoms with E-state index in [1.165, 1.54) is 11.8 Å². The maximum atomic E-state index is 6.23. The van der Waals surface area contributed by atoms with Gasteiger partial charge in [-0.2, -0.15) is 0 Å². The van der Waals surface area contributed by atoms with Crippen LogP contribution in [0.25, 0.3) is 5.69 Å². The number of ether oxygens (including phenoxy) is 1. The third kappa shape index (κ3) is 5.30. The van der Waals surface area contributed by atoms with Crippen molar-refractivity contribution in [2.24, 2.45) is 0 Å². The minimum absolute atomic E-state index is 0.216. The fourth-order valence-electron chi connectivity index (χ4n) is 3.34. The van der Waals surface area contributed by atoms with Gasteiger partial charge in [-0.1, -0.05) is 84.0 Å². The number of halogens is 1. The minimum atomic E-state index is 0.216. The number of rotatable bonds is 9. The van der Waals surface area contributed by atoms with Gasteiger partial charge < -0.3 is 9.15 Å².